The summed E-state index contributed by atoms with van der Waals surface area (Å²) in [6.45, 7) is 2.82. The first-order valence-corrected chi connectivity index (χ1v) is 19.7. The summed E-state index contributed by atoms with van der Waals surface area (Å²) < 4.78 is 83.3. The summed E-state index contributed by atoms with van der Waals surface area (Å²) in [7, 11) is -5.72. The molecule has 1 amide bonds. The van der Waals surface area contributed by atoms with Crippen LogP contribution in [0.5, 0.6) is 0 Å². The Bertz CT molecular complexity index is 2470. The monoisotopic (exact) mass is 770 g/mol. The lowest BCUT2D eigenvalue weighted by atomic mass is 9.93. The van der Waals surface area contributed by atoms with Crippen molar-refractivity contribution in [3.05, 3.63) is 88.5 Å². The number of sulfone groups is 1. The van der Waals surface area contributed by atoms with Crippen molar-refractivity contribution < 1.29 is 30.4 Å². The lowest BCUT2D eigenvalue weighted by molar-refractivity contribution is -0.122. The van der Waals surface area contributed by atoms with E-state index in [1.807, 2.05) is 0 Å². The Balaban J connectivity index is 1.55. The Labute approximate surface area is 303 Å². The predicted octanol–water partition coefficient (Wildman–Crippen LogP) is 4.34. The van der Waals surface area contributed by atoms with Crippen molar-refractivity contribution in [2.45, 2.75) is 55.7 Å². The maximum Gasteiger partial charge on any atom is 0.242 e. The molecular formula is C34H33ClF2N8O5S2. The molecular weight excluding hydrogens is 738 g/mol. The molecule has 0 aliphatic heterocycles. The SMILES string of the molecule is Cn1nc(NS(C)(=O)=O)c2c(Cl)ccc(-c3ccc(C#CC(C)(C)S(=O)(=O)C4CC4)nc3[C@H](Cc3cc(F)cc(F)c3)NC(=O)Cn3ccnn3)c21. The molecule has 1 atom stereocenters. The van der Waals surface area contributed by atoms with Gasteiger partial charge in [-0.1, -0.05) is 28.8 Å². The summed E-state index contributed by atoms with van der Waals surface area (Å²) in [4.78, 5) is 18.3. The van der Waals surface area contributed by atoms with E-state index in [-0.39, 0.29) is 46.1 Å². The predicted molar refractivity (Wildman–Crippen MR) is 191 cm³/mol. The Morgan fingerprint density at radius 3 is 2.40 bits per heavy atom. The molecule has 272 valence electrons. The number of carbonyl (C=O) groups excluding carboxylic acids is 1. The fraction of sp³-hybridized carbons (Fsp3) is 0.324. The van der Waals surface area contributed by atoms with Crippen molar-refractivity contribution in [3.63, 3.8) is 0 Å². The fourth-order valence-electron chi connectivity index (χ4n) is 5.85. The number of nitrogens with one attached hydrogen (secondary N) is 2. The summed E-state index contributed by atoms with van der Waals surface area (Å²) >= 11 is 6.60. The van der Waals surface area contributed by atoms with Gasteiger partial charge < -0.3 is 5.32 Å². The Hall–Kier alpha value is -4.92. The van der Waals surface area contributed by atoms with Crippen LogP contribution in [-0.2, 0) is 44.7 Å². The number of amides is 1. The lowest BCUT2D eigenvalue weighted by Crippen LogP contribution is -2.34. The van der Waals surface area contributed by atoms with Gasteiger partial charge in [0.1, 0.15) is 28.6 Å². The minimum atomic E-state index is -3.76. The van der Waals surface area contributed by atoms with Gasteiger partial charge in [-0.05, 0) is 74.9 Å². The van der Waals surface area contributed by atoms with Crippen LogP contribution in [0.4, 0.5) is 14.6 Å². The molecule has 0 radical (unpaired) electrons. The number of anilines is 1. The maximum atomic E-state index is 14.5. The van der Waals surface area contributed by atoms with E-state index in [1.165, 1.54) is 35.6 Å². The van der Waals surface area contributed by atoms with Crippen molar-refractivity contribution in [1.29, 1.82) is 0 Å². The standard InChI is InChI=1S/C34H33ClF2N8O5S2/c1-34(2,52(49,50)24-6-7-24)12-11-23-5-8-25(26-9-10-27(35)30-32(26)44(3)41-33(30)42-51(4,47)48)31(39-23)28(17-20-15-21(36)18-22(37)16-20)40-29(46)19-45-14-13-38-43-45/h5,8-10,13-16,18,24,28H,6-7,17,19H2,1-4H3,(H,40,46)(H,41,42)/t28-/m0/s1. The molecule has 18 heteroatoms. The molecule has 0 bridgehead atoms. The number of aromatic nitrogens is 6. The highest BCUT2D eigenvalue weighted by Crippen LogP contribution is 2.40. The number of sulfonamides is 1. The molecule has 6 rings (SSSR count). The number of nitrogens with zero attached hydrogens (tertiary/aromatic N) is 6. The topological polar surface area (TPSA) is 171 Å². The van der Waals surface area contributed by atoms with Crippen molar-refractivity contribution in [2.75, 3.05) is 11.0 Å². The Kier molecular flexibility index (Phi) is 9.85. The van der Waals surface area contributed by atoms with Gasteiger partial charge in [-0.3, -0.25) is 14.2 Å². The molecule has 52 heavy (non-hydrogen) atoms. The summed E-state index contributed by atoms with van der Waals surface area (Å²) in [6, 6.07) is 8.42. The number of aryl methyl sites for hydroxylation is 1. The molecule has 5 aromatic rings. The number of hydrogen-bond donors (Lipinski definition) is 2. The highest BCUT2D eigenvalue weighted by atomic mass is 35.5. The second-order valence-electron chi connectivity index (χ2n) is 13.0. The van der Waals surface area contributed by atoms with Crippen molar-refractivity contribution in [3.8, 4) is 23.0 Å². The molecule has 1 saturated carbocycles. The molecule has 1 fully saturated rings. The first-order valence-electron chi connectivity index (χ1n) is 15.9. The highest BCUT2D eigenvalue weighted by Gasteiger charge is 2.45. The minimum absolute atomic E-state index is 0.0177. The molecule has 1 aliphatic rings. The molecule has 2 N–H and O–H groups in total. The number of halogens is 3. The summed E-state index contributed by atoms with van der Waals surface area (Å²) in [5.41, 5.74) is 1.85. The summed E-state index contributed by atoms with van der Waals surface area (Å²) in [5, 5.41) is 14.9. The van der Waals surface area contributed by atoms with Gasteiger partial charge in [-0.25, -0.2) is 35.3 Å². The molecule has 0 saturated heterocycles. The average Bonchev–Trinajstić information content (AvgIpc) is 3.71. The third-order valence-electron chi connectivity index (χ3n) is 8.41. The number of fused-ring (bicyclic) bond motifs is 1. The van der Waals surface area contributed by atoms with Crippen molar-refractivity contribution in [2.24, 2.45) is 7.05 Å². The first kappa shape index (κ1) is 36.9. The van der Waals surface area contributed by atoms with Crippen LogP contribution < -0.4 is 10.0 Å². The zero-order valence-electron chi connectivity index (χ0n) is 28.4. The maximum absolute atomic E-state index is 14.5. The molecule has 1 aliphatic carbocycles. The number of hydrogen-bond acceptors (Lipinski definition) is 9. The van der Waals surface area contributed by atoms with E-state index in [4.69, 9.17) is 16.6 Å². The van der Waals surface area contributed by atoms with Crippen LogP contribution in [0.15, 0.2) is 54.9 Å². The van der Waals surface area contributed by atoms with E-state index in [0.717, 1.165) is 24.5 Å². The fourth-order valence-corrected chi connectivity index (χ4v) is 8.37. The van der Waals surface area contributed by atoms with Gasteiger partial charge in [0.25, 0.3) is 0 Å². The lowest BCUT2D eigenvalue weighted by Gasteiger charge is -2.23. The number of pyridine rings is 1. The van der Waals surface area contributed by atoms with Crippen molar-refractivity contribution >= 4 is 54.1 Å². The van der Waals surface area contributed by atoms with E-state index in [2.05, 4.69) is 37.3 Å². The summed E-state index contributed by atoms with van der Waals surface area (Å²) in [5.74, 6) is 3.56. The van der Waals surface area contributed by atoms with Gasteiger partial charge in [-0.15, -0.1) is 5.10 Å². The van der Waals surface area contributed by atoms with Crippen LogP contribution in [0.2, 0.25) is 5.02 Å². The second kappa shape index (κ2) is 13.9. The van der Waals surface area contributed by atoms with Crippen LogP contribution >= 0.6 is 11.6 Å². The van der Waals surface area contributed by atoms with Gasteiger partial charge in [-0.2, -0.15) is 5.10 Å². The smallest absolute Gasteiger partial charge is 0.242 e. The number of carbonyl (C=O) groups is 1. The van der Waals surface area contributed by atoms with E-state index >= 15 is 0 Å². The third-order valence-corrected chi connectivity index (χ3v) is 12.2. The number of rotatable bonds is 11. The Morgan fingerprint density at radius 1 is 1.08 bits per heavy atom. The van der Waals surface area contributed by atoms with Crippen LogP contribution in [-0.4, -0.2) is 68.8 Å². The number of benzene rings is 2. The Morgan fingerprint density at radius 2 is 1.77 bits per heavy atom. The molecule has 13 nitrogen and oxygen atoms in total. The van der Waals surface area contributed by atoms with Gasteiger partial charge in [0.15, 0.2) is 15.7 Å². The normalized spacial score (nSPS) is 14.1. The molecule has 0 spiro atoms. The third kappa shape index (κ3) is 7.93. The average molecular weight is 771 g/mol. The summed E-state index contributed by atoms with van der Waals surface area (Å²) in [6.07, 6.45) is 4.88. The van der Waals surface area contributed by atoms with E-state index in [1.54, 1.807) is 31.3 Å². The van der Waals surface area contributed by atoms with E-state index < -0.39 is 53.4 Å². The molecule has 3 heterocycles. The van der Waals surface area contributed by atoms with Gasteiger partial charge in [0, 0.05) is 30.4 Å². The zero-order chi connectivity index (χ0) is 37.6. The largest absolute Gasteiger partial charge is 0.346 e. The highest BCUT2D eigenvalue weighted by molar-refractivity contribution is 7.93. The molecule has 0 unspecified atom stereocenters. The van der Waals surface area contributed by atoms with Crippen LogP contribution in [0.1, 0.15) is 49.7 Å². The van der Waals surface area contributed by atoms with E-state index in [0.29, 0.717) is 29.5 Å². The van der Waals surface area contributed by atoms with Gasteiger partial charge in [0.2, 0.25) is 15.9 Å². The quantitative estimate of drug-likeness (QED) is 0.186. The second-order valence-corrected chi connectivity index (χ2v) is 17.9. The van der Waals surface area contributed by atoms with Crippen LogP contribution in [0.25, 0.3) is 22.0 Å². The van der Waals surface area contributed by atoms with Crippen LogP contribution in [0, 0.1) is 23.5 Å². The zero-order valence-corrected chi connectivity index (χ0v) is 30.7. The minimum Gasteiger partial charge on any atom is -0.346 e. The van der Waals surface area contributed by atoms with Crippen molar-refractivity contribution in [1.82, 2.24) is 35.1 Å². The van der Waals surface area contributed by atoms with Gasteiger partial charge >= 0.3 is 0 Å². The molecule has 3 aromatic heterocycles. The van der Waals surface area contributed by atoms with Crippen LogP contribution in [0.3, 0.4) is 0 Å². The van der Waals surface area contributed by atoms with E-state index in [9.17, 15) is 30.4 Å². The molecule has 2 aromatic carbocycles. The van der Waals surface area contributed by atoms with Gasteiger partial charge in [0.05, 0.1) is 45.4 Å². The first-order chi connectivity index (χ1) is 24.4.